The fraction of sp³-hybridized carbons (Fsp3) is 0.206. The van der Waals surface area contributed by atoms with Gasteiger partial charge >= 0.3 is 12.1 Å². The van der Waals surface area contributed by atoms with E-state index in [4.69, 9.17) is 4.74 Å². The van der Waals surface area contributed by atoms with E-state index in [-0.39, 0.29) is 42.6 Å². The Balaban J connectivity index is 1.10. The summed E-state index contributed by atoms with van der Waals surface area (Å²) in [6, 6.07) is 23.3. The Kier molecular flexibility index (Phi) is 9.34. The van der Waals surface area contributed by atoms with Crippen LogP contribution in [0.1, 0.15) is 27.4 Å². The molecule has 14 nitrogen and oxygen atoms in total. The number of aromatic nitrogens is 4. The largest absolute Gasteiger partial charge is 0.480 e. The van der Waals surface area contributed by atoms with Crippen LogP contribution in [-0.4, -0.2) is 90.9 Å². The number of anilines is 1. The number of carboxylic acids is 1. The van der Waals surface area contributed by atoms with Crippen LogP contribution in [0.3, 0.4) is 0 Å². The van der Waals surface area contributed by atoms with E-state index in [1.54, 1.807) is 30.3 Å². The molecule has 6 rings (SSSR count). The third-order valence-electron chi connectivity index (χ3n) is 7.98. The number of ether oxygens (including phenoxy) is 1. The Bertz CT molecular complexity index is 1940. The van der Waals surface area contributed by atoms with Gasteiger partial charge < -0.3 is 35.1 Å². The molecular formula is C34H31N7O7. The quantitative estimate of drug-likeness (QED) is 0.156. The molecule has 3 aromatic carbocycles. The minimum absolute atomic E-state index is 0.0408. The molecule has 244 valence electrons. The maximum absolute atomic E-state index is 13.4. The van der Waals surface area contributed by atoms with Crippen LogP contribution in [0.4, 0.5) is 10.6 Å². The van der Waals surface area contributed by atoms with Gasteiger partial charge in [-0.2, -0.15) is 0 Å². The third kappa shape index (κ3) is 6.83. The van der Waals surface area contributed by atoms with Crippen molar-refractivity contribution in [3.63, 3.8) is 0 Å². The molecule has 1 atom stereocenters. The molecule has 0 unspecified atom stereocenters. The van der Waals surface area contributed by atoms with Crippen LogP contribution in [0.25, 0.3) is 22.3 Å². The van der Waals surface area contributed by atoms with Crippen LogP contribution < -0.4 is 10.6 Å². The lowest BCUT2D eigenvalue weighted by Gasteiger charge is -2.26. The Morgan fingerprint density at radius 3 is 2.23 bits per heavy atom. The van der Waals surface area contributed by atoms with Crippen LogP contribution >= 0.6 is 0 Å². The summed E-state index contributed by atoms with van der Waals surface area (Å²) in [7, 11) is 0. The molecular weight excluding hydrogens is 618 g/mol. The summed E-state index contributed by atoms with van der Waals surface area (Å²) in [4.78, 5) is 64.1. The minimum atomic E-state index is -1.29. The molecule has 0 saturated carbocycles. The molecule has 2 aromatic heterocycles. The number of benzene rings is 3. The molecule has 0 bridgehead atoms. The summed E-state index contributed by atoms with van der Waals surface area (Å²) in [5.41, 5.74) is 5.08. The van der Waals surface area contributed by atoms with Crippen LogP contribution in [0.15, 0.2) is 91.5 Å². The Morgan fingerprint density at radius 1 is 0.896 bits per heavy atom. The second-order valence-electron chi connectivity index (χ2n) is 11.1. The molecule has 3 amide bonds. The summed E-state index contributed by atoms with van der Waals surface area (Å²) in [6.07, 6.45) is 1.72. The van der Waals surface area contributed by atoms with Crippen molar-refractivity contribution in [2.24, 2.45) is 0 Å². The molecule has 0 radical (unpaired) electrons. The molecule has 5 aromatic rings. The summed E-state index contributed by atoms with van der Waals surface area (Å²) < 4.78 is 6.95. The maximum atomic E-state index is 13.4. The minimum Gasteiger partial charge on any atom is -0.480 e. The molecule has 0 fully saturated rings. The number of alkyl carbamates (subject to hydrolysis) is 1. The maximum Gasteiger partial charge on any atom is 0.407 e. The second kappa shape index (κ2) is 14.1. The van der Waals surface area contributed by atoms with E-state index in [0.717, 1.165) is 27.2 Å². The van der Waals surface area contributed by atoms with Gasteiger partial charge in [-0.05, 0) is 34.4 Å². The lowest BCUT2D eigenvalue weighted by molar-refractivity contribution is -0.145. The van der Waals surface area contributed by atoms with Crippen molar-refractivity contribution >= 4 is 40.9 Å². The summed E-state index contributed by atoms with van der Waals surface area (Å²) in [5, 5.41) is 24.8. The predicted molar refractivity (Wildman–Crippen MR) is 173 cm³/mol. The van der Waals surface area contributed by atoms with Gasteiger partial charge in [0.05, 0.1) is 19.0 Å². The Labute approximate surface area is 274 Å². The number of carboxylic acid groups (broad SMARTS) is 1. The Morgan fingerprint density at radius 2 is 1.56 bits per heavy atom. The molecule has 2 heterocycles. The number of aliphatic hydroxyl groups is 1. The number of imidazole rings is 1. The zero-order chi connectivity index (χ0) is 33.6. The van der Waals surface area contributed by atoms with Crippen molar-refractivity contribution in [2.75, 3.05) is 31.6 Å². The first-order chi connectivity index (χ1) is 23.3. The number of amides is 3. The topological polar surface area (TPSA) is 189 Å². The zero-order valence-corrected chi connectivity index (χ0v) is 25.5. The standard InChI is InChI=1S/C34H31N7O7/c42-17-22(38-34(47)48-18-27-25-12-6-4-10-23(25)24-11-5-7-13-26(24)27)14-40(16-29(44)45)28(43)15-41-20-37-30-31(35-19-36-32(30)41)39-33(46)21-8-2-1-3-9-21/h1-13,19-20,22,27,42H,14-18H2,(H,38,47)(H,44,45)(H,35,36,39,46)/t22-/m1/s1. The van der Waals surface area contributed by atoms with Gasteiger partial charge in [-0.1, -0.05) is 66.7 Å². The normalized spacial score (nSPS) is 12.5. The highest BCUT2D eigenvalue weighted by atomic mass is 16.5. The van der Waals surface area contributed by atoms with Gasteiger partial charge in [0.1, 0.15) is 26.0 Å². The third-order valence-corrected chi connectivity index (χ3v) is 7.98. The highest BCUT2D eigenvalue weighted by Gasteiger charge is 2.30. The van der Waals surface area contributed by atoms with Gasteiger partial charge in [0.15, 0.2) is 17.0 Å². The van der Waals surface area contributed by atoms with Crippen molar-refractivity contribution in [1.29, 1.82) is 0 Å². The number of fused-ring (bicyclic) bond motifs is 4. The van der Waals surface area contributed by atoms with Crippen LogP contribution in [0.2, 0.25) is 0 Å². The zero-order valence-electron chi connectivity index (χ0n) is 25.5. The molecule has 48 heavy (non-hydrogen) atoms. The van der Waals surface area contributed by atoms with E-state index in [1.165, 1.54) is 17.2 Å². The molecule has 0 saturated heterocycles. The summed E-state index contributed by atoms with van der Waals surface area (Å²) in [5.74, 6) is -2.38. The van der Waals surface area contributed by atoms with Gasteiger partial charge in [0.25, 0.3) is 5.91 Å². The van der Waals surface area contributed by atoms with Gasteiger partial charge in [-0.3, -0.25) is 14.4 Å². The molecule has 0 aliphatic heterocycles. The van der Waals surface area contributed by atoms with Crippen LogP contribution in [0, 0.1) is 0 Å². The van der Waals surface area contributed by atoms with Gasteiger partial charge in [0.2, 0.25) is 5.91 Å². The van der Waals surface area contributed by atoms with E-state index in [0.29, 0.717) is 5.56 Å². The van der Waals surface area contributed by atoms with Gasteiger partial charge in [-0.15, -0.1) is 0 Å². The van der Waals surface area contributed by atoms with E-state index in [1.807, 2.05) is 48.5 Å². The average molecular weight is 650 g/mol. The van der Waals surface area contributed by atoms with Crippen LogP contribution in [-0.2, 0) is 20.9 Å². The fourth-order valence-electron chi connectivity index (χ4n) is 5.74. The van der Waals surface area contributed by atoms with Crippen molar-refractivity contribution in [3.8, 4) is 11.1 Å². The molecule has 4 N–H and O–H groups in total. The predicted octanol–water partition coefficient (Wildman–Crippen LogP) is 2.89. The van der Waals surface area contributed by atoms with Crippen LogP contribution in [0.5, 0.6) is 0 Å². The van der Waals surface area contributed by atoms with E-state index in [2.05, 4.69) is 25.6 Å². The Hall–Kier alpha value is -6.15. The lowest BCUT2D eigenvalue weighted by atomic mass is 9.98. The van der Waals surface area contributed by atoms with Crippen molar-refractivity contribution < 1.29 is 34.1 Å². The highest BCUT2D eigenvalue weighted by molar-refractivity contribution is 6.06. The monoisotopic (exact) mass is 649 g/mol. The number of aliphatic carboxylic acids is 1. The first-order valence-corrected chi connectivity index (χ1v) is 15.1. The summed E-state index contributed by atoms with van der Waals surface area (Å²) >= 11 is 0. The van der Waals surface area contributed by atoms with Crippen molar-refractivity contribution in [1.82, 2.24) is 29.7 Å². The molecule has 1 aliphatic rings. The SMILES string of the molecule is O=C(O)CN(C[C@H](CO)NC(=O)OCC1c2ccccc2-c2ccccc21)C(=O)Cn1cnc2c(NC(=O)c3ccccc3)ncnc21. The summed E-state index contributed by atoms with van der Waals surface area (Å²) in [6.45, 7) is -1.91. The van der Waals surface area contributed by atoms with Crippen molar-refractivity contribution in [3.05, 3.63) is 108 Å². The number of aliphatic hydroxyl groups excluding tert-OH is 1. The average Bonchev–Trinajstić information content (AvgIpc) is 3.66. The number of carbonyl (C=O) groups is 4. The first-order valence-electron chi connectivity index (χ1n) is 15.1. The lowest BCUT2D eigenvalue weighted by Crippen LogP contribution is -2.50. The van der Waals surface area contributed by atoms with Crippen molar-refractivity contribution in [2.45, 2.75) is 18.5 Å². The van der Waals surface area contributed by atoms with Gasteiger partial charge in [0, 0.05) is 18.0 Å². The van der Waals surface area contributed by atoms with E-state index >= 15 is 0 Å². The fourth-order valence-corrected chi connectivity index (χ4v) is 5.74. The van der Waals surface area contributed by atoms with E-state index in [9.17, 15) is 29.4 Å². The number of hydrogen-bond donors (Lipinski definition) is 4. The second-order valence-corrected chi connectivity index (χ2v) is 11.1. The smallest absolute Gasteiger partial charge is 0.407 e. The molecule has 14 heteroatoms. The first kappa shape index (κ1) is 31.8. The molecule has 0 spiro atoms. The van der Waals surface area contributed by atoms with E-state index < -0.39 is 43.1 Å². The number of nitrogens with one attached hydrogen (secondary N) is 2. The molecule has 1 aliphatic carbocycles. The van der Waals surface area contributed by atoms with Gasteiger partial charge in [-0.25, -0.2) is 19.7 Å². The number of rotatable bonds is 12. The number of hydrogen-bond acceptors (Lipinski definition) is 9. The highest BCUT2D eigenvalue weighted by Crippen LogP contribution is 2.44. The number of nitrogens with zero attached hydrogens (tertiary/aromatic N) is 5. The number of carbonyl (C=O) groups excluding carboxylic acids is 3.